The Morgan fingerprint density at radius 1 is 1.11 bits per heavy atom. The normalized spacial score (nSPS) is 43.5. The van der Waals surface area contributed by atoms with E-state index in [0.29, 0.717) is 31.3 Å². The van der Waals surface area contributed by atoms with Crippen LogP contribution < -0.4 is 0 Å². The molecule has 0 spiro atoms. The number of carboxylic acid groups (broad SMARTS) is 1. The fraction of sp³-hybridized carbons (Fsp3) is 0.833. The lowest BCUT2D eigenvalue weighted by atomic mass is 9.37. The summed E-state index contributed by atoms with van der Waals surface area (Å²) in [5.41, 5.74) is 0.396. The lowest BCUT2D eigenvalue weighted by molar-refractivity contribution is -0.214. The zero-order valence-corrected chi connectivity index (χ0v) is 22.9. The Morgan fingerprint density at radius 2 is 1.71 bits per heavy atom. The molecule has 0 bridgehead atoms. The lowest BCUT2D eigenvalue weighted by Crippen LogP contribution is -2.63. The zero-order chi connectivity index (χ0) is 26.6. The first kappa shape index (κ1) is 28.4. The highest BCUT2D eigenvalue weighted by atomic mass is 16.4. The number of hydrogen-bond donors (Lipinski definition) is 4. The van der Waals surface area contributed by atoms with E-state index >= 15 is 0 Å². The standard InChI is InChI=1S/C30H50O5/c1-18(2)20-9-14-28(6)24(27(20,5)13-12-25(33)34)17-23(32)26-21(10-15-29(26,28)7)30(8,35)16-11-22(31)19(3)4/h20-24,26,31-32,35H,1,3,9-17H2,2,4-8H3,(H,33,34)/t20-,21-,22-,23+,24?,26?,27-,28+,29+,30-/m0/s1. The summed E-state index contributed by atoms with van der Waals surface area (Å²) < 4.78 is 0. The maximum atomic E-state index is 11.7. The molecule has 0 saturated heterocycles. The van der Waals surface area contributed by atoms with Gasteiger partial charge in [-0.25, -0.2) is 0 Å². The van der Waals surface area contributed by atoms with Crippen LogP contribution in [0.3, 0.4) is 0 Å². The molecule has 3 aliphatic carbocycles. The Morgan fingerprint density at radius 3 is 2.26 bits per heavy atom. The Bertz CT molecular complexity index is 848. The SMILES string of the molecule is C=C(C)[C@@H](O)CC[C@](C)(O)[C@H]1CC[C@]2(C)C1[C@H](O)CC1[C@@](C)(CCC(=O)O)[C@H](C(=C)C)CC[C@]12C. The van der Waals surface area contributed by atoms with Crippen molar-refractivity contribution in [3.63, 3.8) is 0 Å². The van der Waals surface area contributed by atoms with Crippen LogP contribution in [0.4, 0.5) is 0 Å². The molecule has 0 amide bonds. The molecule has 0 aliphatic heterocycles. The van der Waals surface area contributed by atoms with E-state index in [4.69, 9.17) is 0 Å². The van der Waals surface area contributed by atoms with Gasteiger partial charge >= 0.3 is 5.97 Å². The van der Waals surface area contributed by atoms with Gasteiger partial charge in [-0.2, -0.15) is 0 Å². The van der Waals surface area contributed by atoms with E-state index in [1.807, 2.05) is 6.92 Å². The molecule has 0 aromatic carbocycles. The number of aliphatic hydroxyl groups excluding tert-OH is 2. The van der Waals surface area contributed by atoms with Gasteiger partial charge in [-0.05, 0) is 112 Å². The van der Waals surface area contributed by atoms with Crippen molar-refractivity contribution < 1.29 is 25.2 Å². The van der Waals surface area contributed by atoms with Gasteiger partial charge in [-0.1, -0.05) is 45.1 Å². The molecule has 5 nitrogen and oxygen atoms in total. The van der Waals surface area contributed by atoms with Gasteiger partial charge in [-0.15, -0.1) is 0 Å². The van der Waals surface area contributed by atoms with Crippen LogP contribution in [0.1, 0.15) is 99.3 Å². The summed E-state index contributed by atoms with van der Waals surface area (Å²) in [7, 11) is 0. The Balaban J connectivity index is 1.96. The minimum atomic E-state index is -0.982. The second-order valence-corrected chi connectivity index (χ2v) is 13.5. The first-order chi connectivity index (χ1) is 16.0. The summed E-state index contributed by atoms with van der Waals surface area (Å²) in [5.74, 6) is -0.396. The van der Waals surface area contributed by atoms with Crippen molar-refractivity contribution >= 4 is 5.97 Å². The second kappa shape index (κ2) is 9.61. The molecule has 5 heteroatoms. The maximum absolute atomic E-state index is 11.7. The average molecular weight is 491 g/mol. The second-order valence-electron chi connectivity index (χ2n) is 13.5. The number of allylic oxidation sites excluding steroid dienone is 1. The van der Waals surface area contributed by atoms with E-state index in [1.165, 1.54) is 0 Å². The van der Waals surface area contributed by atoms with Crippen LogP contribution in [0.25, 0.3) is 0 Å². The van der Waals surface area contributed by atoms with Crippen molar-refractivity contribution in [1.82, 2.24) is 0 Å². The van der Waals surface area contributed by atoms with E-state index in [-0.39, 0.29) is 46.3 Å². The minimum absolute atomic E-state index is 0.0224. The summed E-state index contributed by atoms with van der Waals surface area (Å²) in [6, 6.07) is 0. The first-order valence-electron chi connectivity index (χ1n) is 13.6. The molecule has 3 saturated carbocycles. The number of aliphatic carboxylic acids is 1. The molecule has 2 unspecified atom stereocenters. The van der Waals surface area contributed by atoms with Gasteiger partial charge in [-0.3, -0.25) is 4.79 Å². The quantitative estimate of drug-likeness (QED) is 0.309. The molecule has 4 N–H and O–H groups in total. The summed E-state index contributed by atoms with van der Waals surface area (Å²) in [5, 5.41) is 43.1. The predicted molar refractivity (Wildman–Crippen MR) is 140 cm³/mol. The third-order valence-corrected chi connectivity index (χ3v) is 11.4. The van der Waals surface area contributed by atoms with E-state index in [1.54, 1.807) is 6.92 Å². The van der Waals surface area contributed by atoms with Gasteiger partial charge < -0.3 is 20.4 Å². The molecule has 200 valence electrons. The highest BCUT2D eigenvalue weighted by Crippen LogP contribution is 2.74. The number of carboxylic acids is 1. The number of aliphatic hydroxyl groups is 3. The molecular weight excluding hydrogens is 440 g/mol. The molecule has 0 heterocycles. The van der Waals surface area contributed by atoms with Crippen molar-refractivity contribution in [3.05, 3.63) is 24.3 Å². The van der Waals surface area contributed by atoms with Crippen molar-refractivity contribution in [1.29, 1.82) is 0 Å². The van der Waals surface area contributed by atoms with Gasteiger partial charge in [0, 0.05) is 6.42 Å². The largest absolute Gasteiger partial charge is 0.481 e. The van der Waals surface area contributed by atoms with E-state index in [0.717, 1.165) is 31.3 Å². The molecule has 0 radical (unpaired) electrons. The van der Waals surface area contributed by atoms with Crippen LogP contribution in [0.5, 0.6) is 0 Å². The summed E-state index contributed by atoms with van der Waals surface area (Å²) in [6.45, 7) is 20.8. The number of carbonyl (C=O) groups is 1. The van der Waals surface area contributed by atoms with Crippen molar-refractivity contribution in [2.45, 2.75) is 117 Å². The highest BCUT2D eigenvalue weighted by Gasteiger charge is 2.69. The van der Waals surface area contributed by atoms with Crippen LogP contribution in [0.15, 0.2) is 24.3 Å². The Labute approximate surface area is 212 Å². The van der Waals surface area contributed by atoms with Crippen LogP contribution in [-0.2, 0) is 4.79 Å². The fourth-order valence-corrected chi connectivity index (χ4v) is 9.22. The minimum Gasteiger partial charge on any atom is -0.481 e. The van der Waals surface area contributed by atoms with Gasteiger partial charge in [0.15, 0.2) is 0 Å². The Kier molecular flexibility index (Phi) is 7.80. The molecular formula is C30H50O5. The van der Waals surface area contributed by atoms with Gasteiger partial charge in [0.05, 0.1) is 17.8 Å². The molecule has 3 rings (SSSR count). The number of hydrogen-bond acceptors (Lipinski definition) is 4. The molecule has 0 aromatic heterocycles. The van der Waals surface area contributed by atoms with Crippen LogP contribution >= 0.6 is 0 Å². The highest BCUT2D eigenvalue weighted by molar-refractivity contribution is 5.66. The van der Waals surface area contributed by atoms with Crippen molar-refractivity contribution in [2.24, 2.45) is 39.9 Å². The third kappa shape index (κ3) is 4.66. The van der Waals surface area contributed by atoms with Crippen molar-refractivity contribution in [2.75, 3.05) is 0 Å². The Hall–Kier alpha value is -1.17. The monoisotopic (exact) mass is 490 g/mol. The average Bonchev–Trinajstić information content (AvgIpc) is 3.13. The summed E-state index contributed by atoms with van der Waals surface area (Å²) in [4.78, 5) is 11.6. The smallest absolute Gasteiger partial charge is 0.303 e. The maximum Gasteiger partial charge on any atom is 0.303 e. The van der Waals surface area contributed by atoms with Gasteiger partial charge in [0.2, 0.25) is 0 Å². The lowest BCUT2D eigenvalue weighted by Gasteiger charge is -2.67. The van der Waals surface area contributed by atoms with E-state index < -0.39 is 23.8 Å². The topological polar surface area (TPSA) is 98.0 Å². The van der Waals surface area contributed by atoms with Gasteiger partial charge in [0.1, 0.15) is 0 Å². The summed E-state index contributed by atoms with van der Waals surface area (Å²) in [6.07, 6.45) is 4.94. The fourth-order valence-electron chi connectivity index (χ4n) is 9.22. The van der Waals surface area contributed by atoms with Crippen LogP contribution in [0.2, 0.25) is 0 Å². The summed E-state index contributed by atoms with van der Waals surface area (Å²) >= 11 is 0. The molecule has 35 heavy (non-hydrogen) atoms. The number of fused-ring (bicyclic) bond motifs is 3. The van der Waals surface area contributed by atoms with E-state index in [9.17, 15) is 25.2 Å². The van der Waals surface area contributed by atoms with E-state index in [2.05, 4.69) is 40.9 Å². The number of rotatable bonds is 9. The third-order valence-electron chi connectivity index (χ3n) is 11.4. The van der Waals surface area contributed by atoms with Crippen LogP contribution in [0, 0.1) is 39.9 Å². The molecule has 0 aromatic rings. The molecule has 10 atom stereocenters. The molecule has 3 fully saturated rings. The van der Waals surface area contributed by atoms with Crippen molar-refractivity contribution in [3.8, 4) is 0 Å². The zero-order valence-electron chi connectivity index (χ0n) is 22.9. The predicted octanol–water partition coefficient (Wildman–Crippen LogP) is 5.73. The first-order valence-corrected chi connectivity index (χ1v) is 13.6. The van der Waals surface area contributed by atoms with Gasteiger partial charge in [0.25, 0.3) is 0 Å². The molecule has 3 aliphatic rings. The van der Waals surface area contributed by atoms with Crippen LogP contribution in [-0.4, -0.2) is 44.2 Å².